The molecule has 0 aliphatic carbocycles. The van der Waals surface area contributed by atoms with Crippen molar-refractivity contribution >= 4 is 5.91 Å². The molecule has 2 rings (SSSR count). The number of carbonyl (C=O) groups is 1. The lowest BCUT2D eigenvalue weighted by Gasteiger charge is -2.16. The standard InChI is InChI=1S/C10H17N5O/c1-8(5-15-7-11-6-13-15)14-10(16)9-3-2-4-12-9/h6-9,12H,2-5H2,1H3,(H,14,16). The molecule has 88 valence electrons. The van der Waals surface area contributed by atoms with Gasteiger partial charge in [-0.2, -0.15) is 5.10 Å². The van der Waals surface area contributed by atoms with E-state index in [9.17, 15) is 4.79 Å². The molecule has 1 aliphatic rings. The maximum Gasteiger partial charge on any atom is 0.237 e. The van der Waals surface area contributed by atoms with E-state index in [0.29, 0.717) is 6.54 Å². The monoisotopic (exact) mass is 223 g/mol. The van der Waals surface area contributed by atoms with Gasteiger partial charge >= 0.3 is 0 Å². The van der Waals surface area contributed by atoms with Crippen LogP contribution in [0.2, 0.25) is 0 Å². The van der Waals surface area contributed by atoms with Crippen molar-refractivity contribution in [3.63, 3.8) is 0 Å². The number of hydrogen-bond acceptors (Lipinski definition) is 4. The average molecular weight is 223 g/mol. The largest absolute Gasteiger partial charge is 0.350 e. The van der Waals surface area contributed by atoms with Crippen LogP contribution in [0, 0.1) is 0 Å². The van der Waals surface area contributed by atoms with E-state index in [4.69, 9.17) is 0 Å². The molecular weight excluding hydrogens is 206 g/mol. The normalized spacial score (nSPS) is 21.9. The molecular formula is C10H17N5O. The van der Waals surface area contributed by atoms with Gasteiger partial charge in [0.25, 0.3) is 0 Å². The maximum atomic E-state index is 11.8. The predicted octanol–water partition coefficient (Wildman–Crippen LogP) is -0.465. The van der Waals surface area contributed by atoms with Crippen molar-refractivity contribution in [3.8, 4) is 0 Å². The Hall–Kier alpha value is -1.43. The van der Waals surface area contributed by atoms with Crippen molar-refractivity contribution in [2.24, 2.45) is 0 Å². The fourth-order valence-electron chi connectivity index (χ4n) is 1.91. The minimum atomic E-state index is -0.0156. The number of nitrogens with one attached hydrogen (secondary N) is 2. The SMILES string of the molecule is CC(Cn1cncn1)NC(=O)C1CCCN1. The zero-order chi connectivity index (χ0) is 11.4. The van der Waals surface area contributed by atoms with Crippen LogP contribution in [0.5, 0.6) is 0 Å². The second-order valence-electron chi connectivity index (χ2n) is 4.18. The summed E-state index contributed by atoms with van der Waals surface area (Å²) in [6.45, 7) is 3.56. The van der Waals surface area contributed by atoms with Crippen molar-refractivity contribution in [2.75, 3.05) is 6.54 Å². The van der Waals surface area contributed by atoms with E-state index in [1.54, 1.807) is 11.0 Å². The Morgan fingerprint density at radius 3 is 3.25 bits per heavy atom. The molecule has 2 heterocycles. The maximum absolute atomic E-state index is 11.8. The molecule has 0 bridgehead atoms. The van der Waals surface area contributed by atoms with Crippen LogP contribution in [0.1, 0.15) is 19.8 Å². The molecule has 2 N–H and O–H groups in total. The van der Waals surface area contributed by atoms with Crippen LogP contribution in [-0.2, 0) is 11.3 Å². The van der Waals surface area contributed by atoms with Crippen LogP contribution < -0.4 is 10.6 Å². The summed E-state index contributed by atoms with van der Waals surface area (Å²) in [6, 6.07) is 0.0507. The van der Waals surface area contributed by atoms with E-state index in [1.165, 1.54) is 6.33 Å². The molecule has 0 radical (unpaired) electrons. The smallest absolute Gasteiger partial charge is 0.237 e. The van der Waals surface area contributed by atoms with E-state index < -0.39 is 0 Å². The molecule has 16 heavy (non-hydrogen) atoms. The van der Waals surface area contributed by atoms with Gasteiger partial charge in [0.2, 0.25) is 5.91 Å². The minimum Gasteiger partial charge on any atom is -0.350 e. The lowest BCUT2D eigenvalue weighted by Crippen LogP contribution is -2.45. The molecule has 6 nitrogen and oxygen atoms in total. The zero-order valence-electron chi connectivity index (χ0n) is 9.39. The molecule has 0 aromatic carbocycles. The Labute approximate surface area is 94.4 Å². The van der Waals surface area contributed by atoms with Crippen molar-refractivity contribution in [1.82, 2.24) is 25.4 Å². The predicted molar refractivity (Wildman–Crippen MR) is 58.7 cm³/mol. The highest BCUT2D eigenvalue weighted by atomic mass is 16.2. The topological polar surface area (TPSA) is 71.8 Å². The summed E-state index contributed by atoms with van der Waals surface area (Å²) in [5.74, 6) is 0.0881. The van der Waals surface area contributed by atoms with Crippen molar-refractivity contribution in [2.45, 2.75) is 38.4 Å². The first-order valence-corrected chi connectivity index (χ1v) is 5.62. The van der Waals surface area contributed by atoms with E-state index in [2.05, 4.69) is 20.7 Å². The quantitative estimate of drug-likeness (QED) is 0.724. The fourth-order valence-corrected chi connectivity index (χ4v) is 1.91. The number of carbonyl (C=O) groups excluding carboxylic acids is 1. The third kappa shape index (κ3) is 2.79. The Morgan fingerprint density at radius 2 is 2.62 bits per heavy atom. The van der Waals surface area contributed by atoms with E-state index in [1.807, 2.05) is 6.92 Å². The van der Waals surface area contributed by atoms with Crippen LogP contribution in [0.4, 0.5) is 0 Å². The first-order chi connectivity index (χ1) is 7.75. The van der Waals surface area contributed by atoms with Crippen molar-refractivity contribution in [3.05, 3.63) is 12.7 Å². The zero-order valence-corrected chi connectivity index (χ0v) is 9.39. The summed E-state index contributed by atoms with van der Waals surface area (Å²) >= 11 is 0. The second kappa shape index (κ2) is 5.07. The summed E-state index contributed by atoms with van der Waals surface area (Å²) < 4.78 is 1.72. The van der Waals surface area contributed by atoms with Gasteiger partial charge in [0, 0.05) is 6.04 Å². The Morgan fingerprint density at radius 1 is 1.75 bits per heavy atom. The van der Waals surface area contributed by atoms with Gasteiger partial charge < -0.3 is 10.6 Å². The Kier molecular flexibility index (Phi) is 3.51. The van der Waals surface area contributed by atoms with E-state index in [-0.39, 0.29) is 18.0 Å². The molecule has 2 atom stereocenters. The van der Waals surface area contributed by atoms with Crippen LogP contribution in [0.3, 0.4) is 0 Å². The van der Waals surface area contributed by atoms with Gasteiger partial charge in [-0.05, 0) is 26.3 Å². The molecule has 1 aliphatic heterocycles. The van der Waals surface area contributed by atoms with E-state index in [0.717, 1.165) is 19.4 Å². The van der Waals surface area contributed by atoms with Gasteiger partial charge in [0.15, 0.2) is 0 Å². The van der Waals surface area contributed by atoms with Gasteiger partial charge in [-0.15, -0.1) is 0 Å². The number of amides is 1. The number of nitrogens with zero attached hydrogens (tertiary/aromatic N) is 3. The van der Waals surface area contributed by atoms with Gasteiger partial charge in [0.1, 0.15) is 12.7 Å². The molecule has 6 heteroatoms. The molecule has 1 aromatic heterocycles. The first kappa shape index (κ1) is 11.1. The van der Waals surface area contributed by atoms with Crippen molar-refractivity contribution in [1.29, 1.82) is 0 Å². The lowest BCUT2D eigenvalue weighted by atomic mass is 10.2. The molecule has 1 fully saturated rings. The number of hydrogen-bond donors (Lipinski definition) is 2. The third-order valence-corrected chi connectivity index (χ3v) is 2.69. The van der Waals surface area contributed by atoms with Crippen LogP contribution in [-0.4, -0.2) is 39.3 Å². The second-order valence-corrected chi connectivity index (χ2v) is 4.18. The minimum absolute atomic E-state index is 0.0156. The van der Waals surface area contributed by atoms with Gasteiger partial charge in [0.05, 0.1) is 12.6 Å². The highest BCUT2D eigenvalue weighted by Gasteiger charge is 2.22. The molecule has 2 unspecified atom stereocenters. The highest BCUT2D eigenvalue weighted by Crippen LogP contribution is 2.05. The highest BCUT2D eigenvalue weighted by molar-refractivity contribution is 5.82. The number of rotatable bonds is 4. The summed E-state index contributed by atoms with van der Waals surface area (Å²) in [6.07, 6.45) is 5.15. The summed E-state index contributed by atoms with van der Waals surface area (Å²) in [5, 5.41) is 10.1. The van der Waals surface area contributed by atoms with Gasteiger partial charge in [-0.1, -0.05) is 0 Å². The van der Waals surface area contributed by atoms with Crippen LogP contribution >= 0.6 is 0 Å². The van der Waals surface area contributed by atoms with Gasteiger partial charge in [-0.3, -0.25) is 9.48 Å². The average Bonchev–Trinajstić information content (AvgIpc) is 2.88. The first-order valence-electron chi connectivity index (χ1n) is 5.62. The van der Waals surface area contributed by atoms with Gasteiger partial charge in [-0.25, -0.2) is 4.98 Å². The molecule has 0 saturated carbocycles. The molecule has 0 spiro atoms. The summed E-state index contributed by atoms with van der Waals surface area (Å²) in [7, 11) is 0. The fraction of sp³-hybridized carbons (Fsp3) is 0.700. The molecule has 1 saturated heterocycles. The molecule has 1 aromatic rings. The summed E-state index contributed by atoms with van der Waals surface area (Å²) in [4.78, 5) is 15.6. The van der Waals surface area contributed by atoms with Crippen LogP contribution in [0.25, 0.3) is 0 Å². The van der Waals surface area contributed by atoms with E-state index >= 15 is 0 Å². The molecule has 1 amide bonds. The Bertz CT molecular complexity index is 331. The summed E-state index contributed by atoms with van der Waals surface area (Å²) in [5.41, 5.74) is 0. The van der Waals surface area contributed by atoms with Crippen LogP contribution in [0.15, 0.2) is 12.7 Å². The third-order valence-electron chi connectivity index (χ3n) is 2.69. The van der Waals surface area contributed by atoms with Crippen molar-refractivity contribution < 1.29 is 4.79 Å². The Balaban J connectivity index is 1.78. The lowest BCUT2D eigenvalue weighted by molar-refractivity contribution is -0.123. The number of aromatic nitrogens is 3.